The lowest BCUT2D eigenvalue weighted by Crippen LogP contribution is -2.42. The molecule has 0 aromatic heterocycles. The van der Waals surface area contributed by atoms with E-state index in [-0.39, 0.29) is 23.2 Å². The van der Waals surface area contributed by atoms with Crippen molar-refractivity contribution in [1.29, 1.82) is 0 Å². The molecule has 1 aromatic rings. The fourth-order valence-electron chi connectivity index (χ4n) is 2.79. The predicted molar refractivity (Wildman–Crippen MR) is 82.9 cm³/mol. The summed E-state index contributed by atoms with van der Waals surface area (Å²) in [6.07, 6.45) is 4.23. The topological polar surface area (TPSA) is 98.5 Å². The van der Waals surface area contributed by atoms with E-state index in [0.29, 0.717) is 5.92 Å². The molecule has 0 heterocycles. The number of hydrogen-bond donors (Lipinski definition) is 1. The van der Waals surface area contributed by atoms with Crippen molar-refractivity contribution in [1.82, 2.24) is 5.32 Å². The molecule has 1 aliphatic carbocycles. The first kappa shape index (κ1) is 16.9. The Balaban J connectivity index is 1.89. The summed E-state index contributed by atoms with van der Waals surface area (Å²) >= 11 is 0. The maximum atomic E-state index is 11.9. The van der Waals surface area contributed by atoms with Gasteiger partial charge in [0.05, 0.1) is 4.92 Å². The van der Waals surface area contributed by atoms with Crippen LogP contribution in [-0.4, -0.2) is 29.4 Å². The van der Waals surface area contributed by atoms with E-state index < -0.39 is 17.5 Å². The molecular formula is C16H20N2O5. The van der Waals surface area contributed by atoms with E-state index >= 15 is 0 Å². The summed E-state index contributed by atoms with van der Waals surface area (Å²) in [5.41, 5.74) is -0.491. The fourth-order valence-corrected chi connectivity index (χ4v) is 2.79. The molecule has 1 N–H and O–H groups in total. The Kier molecular flexibility index (Phi) is 5.67. The molecule has 23 heavy (non-hydrogen) atoms. The first-order valence-electron chi connectivity index (χ1n) is 7.69. The largest absolute Gasteiger partial charge is 0.452 e. The predicted octanol–water partition coefficient (Wildman–Crippen LogP) is 2.45. The van der Waals surface area contributed by atoms with Gasteiger partial charge in [0.15, 0.2) is 6.61 Å². The molecule has 7 heteroatoms. The van der Waals surface area contributed by atoms with Crippen LogP contribution in [0.4, 0.5) is 5.69 Å². The monoisotopic (exact) mass is 320 g/mol. The molecule has 0 radical (unpaired) electrons. The summed E-state index contributed by atoms with van der Waals surface area (Å²) in [7, 11) is 0. The summed E-state index contributed by atoms with van der Waals surface area (Å²) in [5, 5.41) is 13.7. The molecule has 1 aromatic carbocycles. The zero-order valence-electron chi connectivity index (χ0n) is 13.0. The van der Waals surface area contributed by atoms with Crippen LogP contribution >= 0.6 is 0 Å². The number of carbonyl (C=O) groups is 2. The number of benzene rings is 1. The second-order valence-corrected chi connectivity index (χ2v) is 5.79. The normalized spacial score (nSPS) is 20.6. The van der Waals surface area contributed by atoms with Gasteiger partial charge in [0.25, 0.3) is 11.6 Å². The number of esters is 1. The molecule has 124 valence electrons. The first-order valence-corrected chi connectivity index (χ1v) is 7.69. The lowest BCUT2D eigenvalue weighted by atomic mass is 9.86. The molecule has 0 saturated heterocycles. The van der Waals surface area contributed by atoms with E-state index in [1.807, 2.05) is 0 Å². The standard InChI is InChI=1S/C16H20N2O5/c1-11-6-2-4-8-13(11)17-15(19)10-23-16(20)12-7-3-5-9-14(12)18(21)22/h3,5,7,9,11,13H,2,4,6,8,10H2,1H3,(H,17,19)/t11-,13+/m1/s1. The zero-order chi connectivity index (χ0) is 16.8. The van der Waals surface area contributed by atoms with Crippen LogP contribution in [0.3, 0.4) is 0 Å². The minimum atomic E-state index is -0.871. The van der Waals surface area contributed by atoms with Crippen molar-refractivity contribution in [2.75, 3.05) is 6.61 Å². The molecule has 7 nitrogen and oxygen atoms in total. The van der Waals surface area contributed by atoms with Crippen LogP contribution in [0.1, 0.15) is 43.0 Å². The number of nitro groups is 1. The summed E-state index contributed by atoms with van der Waals surface area (Å²) < 4.78 is 4.90. The maximum Gasteiger partial charge on any atom is 0.345 e. The van der Waals surface area contributed by atoms with Crippen molar-refractivity contribution in [3.05, 3.63) is 39.9 Å². The average molecular weight is 320 g/mol. The quantitative estimate of drug-likeness (QED) is 0.510. The van der Waals surface area contributed by atoms with Crippen LogP contribution in [0.5, 0.6) is 0 Å². The minimum Gasteiger partial charge on any atom is -0.452 e. The highest BCUT2D eigenvalue weighted by molar-refractivity contribution is 5.95. The van der Waals surface area contributed by atoms with Crippen molar-refractivity contribution in [2.24, 2.45) is 5.92 Å². The summed E-state index contributed by atoms with van der Waals surface area (Å²) in [5.74, 6) is -0.849. The van der Waals surface area contributed by atoms with E-state index in [1.165, 1.54) is 30.7 Å². The number of nitrogens with one attached hydrogen (secondary N) is 1. The summed E-state index contributed by atoms with van der Waals surface area (Å²) in [6, 6.07) is 5.60. The molecule has 2 rings (SSSR count). The van der Waals surface area contributed by atoms with Crippen molar-refractivity contribution in [2.45, 2.75) is 38.6 Å². The van der Waals surface area contributed by atoms with E-state index in [2.05, 4.69) is 12.2 Å². The van der Waals surface area contributed by atoms with Crippen LogP contribution in [0, 0.1) is 16.0 Å². The Morgan fingerprint density at radius 3 is 2.70 bits per heavy atom. The second-order valence-electron chi connectivity index (χ2n) is 5.79. The number of nitro benzene ring substituents is 1. The maximum absolute atomic E-state index is 11.9. The Morgan fingerprint density at radius 2 is 2.00 bits per heavy atom. The van der Waals surface area contributed by atoms with E-state index in [9.17, 15) is 19.7 Å². The fraction of sp³-hybridized carbons (Fsp3) is 0.500. The van der Waals surface area contributed by atoms with Gasteiger partial charge in [-0.05, 0) is 24.8 Å². The molecular weight excluding hydrogens is 300 g/mol. The van der Waals surface area contributed by atoms with Gasteiger partial charge in [-0.1, -0.05) is 31.9 Å². The molecule has 1 aliphatic rings. The van der Waals surface area contributed by atoms with E-state index in [4.69, 9.17) is 4.74 Å². The van der Waals surface area contributed by atoms with Gasteiger partial charge in [0, 0.05) is 12.1 Å². The Bertz CT molecular complexity index is 602. The number of amides is 1. The Hall–Kier alpha value is -2.44. The van der Waals surface area contributed by atoms with Gasteiger partial charge < -0.3 is 10.1 Å². The number of hydrogen-bond acceptors (Lipinski definition) is 5. The average Bonchev–Trinajstić information content (AvgIpc) is 2.54. The van der Waals surface area contributed by atoms with Crippen LogP contribution in [0.2, 0.25) is 0 Å². The third-order valence-electron chi connectivity index (χ3n) is 4.11. The van der Waals surface area contributed by atoms with Gasteiger partial charge >= 0.3 is 5.97 Å². The lowest BCUT2D eigenvalue weighted by Gasteiger charge is -2.29. The third kappa shape index (κ3) is 4.51. The molecule has 0 unspecified atom stereocenters. The molecule has 1 amide bonds. The van der Waals surface area contributed by atoms with Crippen LogP contribution in [0.25, 0.3) is 0 Å². The van der Waals surface area contributed by atoms with Crippen molar-refractivity contribution in [3.8, 4) is 0 Å². The summed E-state index contributed by atoms with van der Waals surface area (Å²) in [4.78, 5) is 34.0. The molecule has 2 atom stereocenters. The highest BCUT2D eigenvalue weighted by Gasteiger charge is 2.24. The molecule has 0 aliphatic heterocycles. The number of rotatable bonds is 5. The van der Waals surface area contributed by atoms with Gasteiger partial charge in [0.1, 0.15) is 5.56 Å². The van der Waals surface area contributed by atoms with Crippen molar-refractivity contribution in [3.63, 3.8) is 0 Å². The summed E-state index contributed by atoms with van der Waals surface area (Å²) in [6.45, 7) is 1.65. The highest BCUT2D eigenvalue weighted by atomic mass is 16.6. The molecule has 1 saturated carbocycles. The van der Waals surface area contributed by atoms with Crippen molar-refractivity contribution >= 4 is 17.6 Å². The van der Waals surface area contributed by atoms with Crippen LogP contribution in [-0.2, 0) is 9.53 Å². The van der Waals surface area contributed by atoms with Crippen LogP contribution in [0.15, 0.2) is 24.3 Å². The van der Waals surface area contributed by atoms with Gasteiger partial charge in [-0.2, -0.15) is 0 Å². The SMILES string of the molecule is C[C@@H]1CCCC[C@@H]1NC(=O)COC(=O)c1ccccc1[N+](=O)[O-]. The van der Waals surface area contributed by atoms with Gasteiger partial charge in [-0.15, -0.1) is 0 Å². The van der Waals surface area contributed by atoms with Crippen LogP contribution < -0.4 is 5.32 Å². The number of nitrogens with zero attached hydrogens (tertiary/aromatic N) is 1. The van der Waals surface area contributed by atoms with E-state index in [0.717, 1.165) is 19.3 Å². The zero-order valence-corrected chi connectivity index (χ0v) is 13.0. The smallest absolute Gasteiger partial charge is 0.345 e. The number of para-hydroxylation sites is 1. The van der Waals surface area contributed by atoms with E-state index in [1.54, 1.807) is 0 Å². The minimum absolute atomic E-state index is 0.0982. The van der Waals surface area contributed by atoms with Gasteiger partial charge in [-0.3, -0.25) is 14.9 Å². The highest BCUT2D eigenvalue weighted by Crippen LogP contribution is 2.23. The van der Waals surface area contributed by atoms with Gasteiger partial charge in [0.2, 0.25) is 0 Å². The molecule has 1 fully saturated rings. The molecule has 0 bridgehead atoms. The molecule has 0 spiro atoms. The van der Waals surface area contributed by atoms with Gasteiger partial charge in [-0.25, -0.2) is 4.79 Å². The second kappa shape index (κ2) is 7.71. The Labute approximate surface area is 134 Å². The lowest BCUT2D eigenvalue weighted by molar-refractivity contribution is -0.385. The first-order chi connectivity index (χ1) is 11.0. The Morgan fingerprint density at radius 1 is 1.30 bits per heavy atom. The number of carbonyl (C=O) groups excluding carboxylic acids is 2. The van der Waals surface area contributed by atoms with Crippen molar-refractivity contribution < 1.29 is 19.2 Å². The number of ether oxygens (including phenoxy) is 1. The third-order valence-corrected chi connectivity index (χ3v) is 4.11.